The summed E-state index contributed by atoms with van der Waals surface area (Å²) in [6.07, 6.45) is 0.627. The van der Waals surface area contributed by atoms with E-state index in [1.54, 1.807) is 42.5 Å². The minimum absolute atomic E-state index is 0.275. The van der Waals surface area contributed by atoms with Crippen molar-refractivity contribution in [1.82, 2.24) is 5.43 Å². The molecule has 0 bridgehead atoms. The summed E-state index contributed by atoms with van der Waals surface area (Å²) >= 11 is 15.4. The number of hydrogen-bond donors (Lipinski definition) is 1. The summed E-state index contributed by atoms with van der Waals surface area (Å²) in [5.41, 5.74) is 4.53. The first kappa shape index (κ1) is 17.0. The van der Waals surface area contributed by atoms with Crippen LogP contribution in [0.5, 0.6) is 0 Å². The second-order valence-corrected chi connectivity index (χ2v) is 6.24. The lowest BCUT2D eigenvalue weighted by Gasteiger charge is -2.08. The number of halogens is 3. The SMILES string of the molecule is CCC(=NNC(=O)c1ccc(Br)cc1)c1ccc(Cl)cc1Cl. The third-order valence-corrected chi connectivity index (χ3v) is 4.05. The number of nitrogens with zero attached hydrogens (tertiary/aromatic N) is 1. The highest BCUT2D eigenvalue weighted by Gasteiger charge is 2.09. The molecule has 2 aromatic rings. The van der Waals surface area contributed by atoms with Crippen LogP contribution in [0.2, 0.25) is 10.0 Å². The molecular weight excluding hydrogens is 387 g/mol. The van der Waals surface area contributed by atoms with Gasteiger partial charge in [-0.15, -0.1) is 0 Å². The molecular formula is C16H13BrCl2N2O. The number of nitrogens with one attached hydrogen (secondary N) is 1. The predicted molar refractivity (Wildman–Crippen MR) is 94.9 cm³/mol. The molecule has 0 saturated carbocycles. The van der Waals surface area contributed by atoms with Crippen LogP contribution in [0.25, 0.3) is 0 Å². The smallest absolute Gasteiger partial charge is 0.267 e. The van der Waals surface area contributed by atoms with Crippen molar-refractivity contribution < 1.29 is 4.79 Å². The lowest BCUT2D eigenvalue weighted by Crippen LogP contribution is -2.20. The van der Waals surface area contributed by atoms with Gasteiger partial charge in [0.2, 0.25) is 0 Å². The Morgan fingerprint density at radius 1 is 1.18 bits per heavy atom. The van der Waals surface area contributed by atoms with Gasteiger partial charge >= 0.3 is 0 Å². The summed E-state index contributed by atoms with van der Waals surface area (Å²) in [6, 6.07) is 12.2. The highest BCUT2D eigenvalue weighted by atomic mass is 79.9. The first-order valence-corrected chi connectivity index (χ1v) is 8.14. The zero-order valence-electron chi connectivity index (χ0n) is 11.7. The Bertz CT molecular complexity index is 715. The molecule has 0 aliphatic heterocycles. The largest absolute Gasteiger partial charge is 0.271 e. The number of benzene rings is 2. The molecule has 0 spiro atoms. The second kappa shape index (κ2) is 7.77. The van der Waals surface area contributed by atoms with Gasteiger partial charge < -0.3 is 0 Å². The van der Waals surface area contributed by atoms with Gasteiger partial charge in [0, 0.05) is 20.6 Å². The molecule has 0 fully saturated rings. The molecule has 0 saturated heterocycles. The molecule has 0 unspecified atom stereocenters. The number of carbonyl (C=O) groups is 1. The van der Waals surface area contributed by atoms with Crippen LogP contribution in [0, 0.1) is 0 Å². The van der Waals surface area contributed by atoms with Gasteiger partial charge in [0.15, 0.2) is 0 Å². The van der Waals surface area contributed by atoms with Gasteiger partial charge in [-0.25, -0.2) is 5.43 Å². The van der Waals surface area contributed by atoms with Gasteiger partial charge in [0.25, 0.3) is 5.91 Å². The molecule has 2 aromatic carbocycles. The maximum atomic E-state index is 12.1. The topological polar surface area (TPSA) is 41.5 Å². The first-order valence-electron chi connectivity index (χ1n) is 6.59. The fourth-order valence-electron chi connectivity index (χ4n) is 1.84. The number of hydrazone groups is 1. The molecule has 0 aromatic heterocycles. The van der Waals surface area contributed by atoms with Crippen LogP contribution in [0.4, 0.5) is 0 Å². The number of amides is 1. The molecule has 0 aliphatic carbocycles. The molecule has 0 atom stereocenters. The molecule has 114 valence electrons. The van der Waals surface area contributed by atoms with Gasteiger partial charge in [-0.2, -0.15) is 5.10 Å². The molecule has 3 nitrogen and oxygen atoms in total. The van der Waals surface area contributed by atoms with Crippen molar-refractivity contribution in [3.05, 3.63) is 68.1 Å². The van der Waals surface area contributed by atoms with Gasteiger partial charge in [0.1, 0.15) is 0 Å². The summed E-state index contributed by atoms with van der Waals surface area (Å²) in [6.45, 7) is 1.94. The van der Waals surface area contributed by atoms with E-state index in [0.29, 0.717) is 27.7 Å². The van der Waals surface area contributed by atoms with E-state index in [1.165, 1.54) is 0 Å². The van der Waals surface area contributed by atoms with Gasteiger partial charge in [0.05, 0.1) is 10.7 Å². The van der Waals surface area contributed by atoms with Crippen LogP contribution in [-0.4, -0.2) is 11.6 Å². The maximum Gasteiger partial charge on any atom is 0.271 e. The molecule has 6 heteroatoms. The maximum absolute atomic E-state index is 12.1. The van der Waals surface area contributed by atoms with E-state index in [2.05, 4.69) is 26.5 Å². The van der Waals surface area contributed by atoms with Crippen molar-refractivity contribution in [2.45, 2.75) is 13.3 Å². The van der Waals surface area contributed by atoms with E-state index in [4.69, 9.17) is 23.2 Å². The Labute approximate surface area is 147 Å². The summed E-state index contributed by atoms with van der Waals surface area (Å²) in [4.78, 5) is 12.1. The van der Waals surface area contributed by atoms with Crippen molar-refractivity contribution in [2.75, 3.05) is 0 Å². The van der Waals surface area contributed by atoms with E-state index in [-0.39, 0.29) is 5.91 Å². The van der Waals surface area contributed by atoms with Crippen molar-refractivity contribution in [3.63, 3.8) is 0 Å². The van der Waals surface area contributed by atoms with E-state index in [0.717, 1.165) is 10.0 Å². The summed E-state index contributed by atoms with van der Waals surface area (Å²) < 4.78 is 0.912. The first-order chi connectivity index (χ1) is 10.5. The quantitative estimate of drug-likeness (QED) is 0.550. The third-order valence-electron chi connectivity index (χ3n) is 2.98. The van der Waals surface area contributed by atoms with Crippen LogP contribution in [0.1, 0.15) is 29.3 Å². The fraction of sp³-hybridized carbons (Fsp3) is 0.125. The molecule has 0 heterocycles. The average Bonchev–Trinajstić information content (AvgIpc) is 2.50. The van der Waals surface area contributed by atoms with Crippen LogP contribution in [0.3, 0.4) is 0 Å². The lowest BCUT2D eigenvalue weighted by atomic mass is 10.1. The van der Waals surface area contributed by atoms with Gasteiger partial charge in [-0.3, -0.25) is 4.79 Å². The molecule has 0 radical (unpaired) electrons. The van der Waals surface area contributed by atoms with Gasteiger partial charge in [-0.05, 0) is 42.8 Å². The molecule has 2 rings (SSSR count). The Balaban J connectivity index is 2.18. The Morgan fingerprint density at radius 2 is 1.86 bits per heavy atom. The zero-order valence-corrected chi connectivity index (χ0v) is 14.8. The van der Waals surface area contributed by atoms with Crippen molar-refractivity contribution >= 4 is 50.8 Å². The Kier molecular flexibility index (Phi) is 6.00. The molecule has 1 amide bonds. The van der Waals surface area contributed by atoms with Crippen LogP contribution >= 0.6 is 39.1 Å². The van der Waals surface area contributed by atoms with Crippen LogP contribution in [0.15, 0.2) is 52.0 Å². The van der Waals surface area contributed by atoms with Crippen LogP contribution in [-0.2, 0) is 0 Å². The summed E-state index contributed by atoms with van der Waals surface area (Å²) in [7, 11) is 0. The number of hydrogen-bond acceptors (Lipinski definition) is 2. The Hall–Kier alpha value is -1.36. The third kappa shape index (κ3) is 4.32. The molecule has 1 N–H and O–H groups in total. The van der Waals surface area contributed by atoms with E-state index < -0.39 is 0 Å². The lowest BCUT2D eigenvalue weighted by molar-refractivity contribution is 0.0955. The molecule has 22 heavy (non-hydrogen) atoms. The summed E-state index contributed by atoms with van der Waals surface area (Å²) in [5.74, 6) is -0.275. The highest BCUT2D eigenvalue weighted by molar-refractivity contribution is 9.10. The highest BCUT2D eigenvalue weighted by Crippen LogP contribution is 2.22. The van der Waals surface area contributed by atoms with Gasteiger partial charge in [-0.1, -0.05) is 52.1 Å². The van der Waals surface area contributed by atoms with E-state index >= 15 is 0 Å². The van der Waals surface area contributed by atoms with Crippen LogP contribution < -0.4 is 5.43 Å². The van der Waals surface area contributed by atoms with Crippen molar-refractivity contribution in [3.8, 4) is 0 Å². The summed E-state index contributed by atoms with van der Waals surface area (Å²) in [5, 5.41) is 5.24. The standard InChI is InChI=1S/C16H13BrCl2N2O/c1-2-15(13-8-7-12(18)9-14(13)19)20-21-16(22)10-3-5-11(17)6-4-10/h3-9H,2H2,1H3,(H,21,22). The number of carbonyl (C=O) groups excluding carboxylic acids is 1. The monoisotopic (exact) mass is 398 g/mol. The Morgan fingerprint density at radius 3 is 2.45 bits per heavy atom. The normalized spacial score (nSPS) is 11.4. The fourth-order valence-corrected chi connectivity index (χ4v) is 2.62. The molecule has 0 aliphatic rings. The van der Waals surface area contributed by atoms with E-state index in [1.807, 2.05) is 6.92 Å². The van der Waals surface area contributed by atoms with E-state index in [9.17, 15) is 4.79 Å². The minimum atomic E-state index is -0.275. The average molecular weight is 400 g/mol. The predicted octanol–water partition coefficient (Wildman–Crippen LogP) is 5.30. The number of rotatable bonds is 4. The second-order valence-electron chi connectivity index (χ2n) is 4.48. The van der Waals surface area contributed by atoms with Crippen molar-refractivity contribution in [2.24, 2.45) is 5.10 Å². The minimum Gasteiger partial charge on any atom is -0.267 e. The van der Waals surface area contributed by atoms with Crippen molar-refractivity contribution in [1.29, 1.82) is 0 Å². The zero-order chi connectivity index (χ0) is 16.1.